The minimum absolute atomic E-state index is 0.640. The van der Waals surface area contributed by atoms with Crippen molar-refractivity contribution in [3.05, 3.63) is 0 Å². The molecule has 2 saturated heterocycles. The van der Waals surface area contributed by atoms with Crippen LogP contribution in [0.25, 0.3) is 0 Å². The van der Waals surface area contributed by atoms with Gasteiger partial charge in [0, 0.05) is 18.6 Å². The second kappa shape index (κ2) is 6.88. The first-order chi connectivity index (χ1) is 8.76. The van der Waals surface area contributed by atoms with Gasteiger partial charge in [0.15, 0.2) is 0 Å². The molecule has 3 heteroatoms. The van der Waals surface area contributed by atoms with Crippen molar-refractivity contribution in [2.24, 2.45) is 11.7 Å². The van der Waals surface area contributed by atoms with Crippen molar-refractivity contribution in [3.8, 4) is 0 Å². The lowest BCUT2D eigenvalue weighted by Crippen LogP contribution is -2.55. The van der Waals surface area contributed by atoms with Gasteiger partial charge in [-0.1, -0.05) is 13.8 Å². The Balaban J connectivity index is 1.87. The Labute approximate surface area is 113 Å². The molecule has 0 aliphatic carbocycles. The fourth-order valence-corrected chi connectivity index (χ4v) is 3.89. The molecule has 2 unspecified atom stereocenters. The zero-order chi connectivity index (χ0) is 13.0. The van der Waals surface area contributed by atoms with Crippen molar-refractivity contribution in [1.29, 1.82) is 0 Å². The minimum atomic E-state index is 0.640. The first-order valence-corrected chi connectivity index (χ1v) is 7.94. The van der Waals surface area contributed by atoms with Crippen LogP contribution in [-0.2, 0) is 0 Å². The Hall–Kier alpha value is -0.120. The highest BCUT2D eigenvalue weighted by atomic mass is 15.2. The van der Waals surface area contributed by atoms with Crippen LogP contribution in [-0.4, -0.2) is 54.6 Å². The molecule has 0 aromatic heterocycles. The van der Waals surface area contributed by atoms with Crippen molar-refractivity contribution in [3.63, 3.8) is 0 Å². The Kier molecular flexibility index (Phi) is 5.46. The molecule has 2 aliphatic rings. The molecule has 2 fully saturated rings. The van der Waals surface area contributed by atoms with Gasteiger partial charge in [-0.15, -0.1) is 0 Å². The first kappa shape index (κ1) is 14.3. The molecule has 0 radical (unpaired) electrons. The van der Waals surface area contributed by atoms with Gasteiger partial charge in [0.25, 0.3) is 0 Å². The van der Waals surface area contributed by atoms with E-state index in [0.717, 1.165) is 18.5 Å². The summed E-state index contributed by atoms with van der Waals surface area (Å²) in [4.78, 5) is 5.37. The van der Waals surface area contributed by atoms with Crippen LogP contribution in [0.2, 0.25) is 0 Å². The van der Waals surface area contributed by atoms with Crippen LogP contribution in [0.5, 0.6) is 0 Å². The van der Waals surface area contributed by atoms with Crippen LogP contribution >= 0.6 is 0 Å². The highest BCUT2D eigenvalue weighted by molar-refractivity contribution is 4.89. The van der Waals surface area contributed by atoms with E-state index < -0.39 is 0 Å². The highest BCUT2D eigenvalue weighted by Gasteiger charge is 2.33. The molecule has 2 atom stereocenters. The summed E-state index contributed by atoms with van der Waals surface area (Å²) in [5.41, 5.74) is 6.01. The summed E-state index contributed by atoms with van der Waals surface area (Å²) in [6.45, 7) is 10.7. The fourth-order valence-electron chi connectivity index (χ4n) is 3.89. The normalized spacial score (nSPS) is 32.8. The molecule has 0 spiro atoms. The molecule has 2 aliphatic heterocycles. The van der Waals surface area contributed by atoms with E-state index in [0.29, 0.717) is 6.04 Å². The van der Waals surface area contributed by atoms with Gasteiger partial charge in [-0.05, 0) is 64.2 Å². The number of nitrogens with two attached hydrogens (primary N) is 1. The Bertz CT molecular complexity index is 236. The maximum Gasteiger partial charge on any atom is 0.0246 e. The molecular weight excluding hydrogens is 222 g/mol. The van der Waals surface area contributed by atoms with E-state index in [-0.39, 0.29) is 0 Å². The number of nitrogens with zero attached hydrogens (tertiary/aromatic N) is 2. The molecular formula is C15H31N3. The summed E-state index contributed by atoms with van der Waals surface area (Å²) < 4.78 is 0. The lowest BCUT2D eigenvalue weighted by Gasteiger charge is -2.46. The van der Waals surface area contributed by atoms with E-state index in [4.69, 9.17) is 5.73 Å². The Morgan fingerprint density at radius 1 is 1.11 bits per heavy atom. The summed E-state index contributed by atoms with van der Waals surface area (Å²) in [6, 6.07) is 1.44. The van der Waals surface area contributed by atoms with Crippen LogP contribution < -0.4 is 5.73 Å². The van der Waals surface area contributed by atoms with E-state index >= 15 is 0 Å². The van der Waals surface area contributed by atoms with Crippen molar-refractivity contribution in [2.45, 2.75) is 58.0 Å². The third kappa shape index (κ3) is 3.25. The highest BCUT2D eigenvalue weighted by Crippen LogP contribution is 2.28. The Morgan fingerprint density at radius 2 is 1.83 bits per heavy atom. The monoisotopic (exact) mass is 253 g/mol. The van der Waals surface area contributed by atoms with Crippen LogP contribution in [0.3, 0.4) is 0 Å². The molecule has 0 saturated carbocycles. The first-order valence-electron chi connectivity index (χ1n) is 7.94. The van der Waals surface area contributed by atoms with Crippen LogP contribution in [0, 0.1) is 5.92 Å². The van der Waals surface area contributed by atoms with Crippen molar-refractivity contribution >= 4 is 0 Å². The molecule has 2 N–H and O–H groups in total. The average molecular weight is 253 g/mol. The van der Waals surface area contributed by atoms with Crippen LogP contribution in [0.4, 0.5) is 0 Å². The average Bonchev–Trinajstić information content (AvgIpc) is 2.40. The fraction of sp³-hybridized carbons (Fsp3) is 1.00. The Morgan fingerprint density at radius 3 is 2.44 bits per heavy atom. The van der Waals surface area contributed by atoms with Gasteiger partial charge in [-0.25, -0.2) is 0 Å². The van der Waals surface area contributed by atoms with E-state index in [1.807, 2.05) is 0 Å². The van der Waals surface area contributed by atoms with Crippen LogP contribution in [0.15, 0.2) is 0 Å². The van der Waals surface area contributed by atoms with E-state index in [9.17, 15) is 0 Å². The van der Waals surface area contributed by atoms with E-state index in [2.05, 4.69) is 23.6 Å². The predicted molar refractivity (Wildman–Crippen MR) is 77.7 cm³/mol. The van der Waals surface area contributed by atoms with Crippen molar-refractivity contribution < 1.29 is 0 Å². The van der Waals surface area contributed by atoms with Gasteiger partial charge in [0.2, 0.25) is 0 Å². The third-order valence-electron chi connectivity index (χ3n) is 4.97. The molecule has 0 amide bonds. The van der Waals surface area contributed by atoms with Gasteiger partial charge < -0.3 is 10.6 Å². The standard InChI is InChI=1S/C15H31N3/c1-3-8-17-10-6-14(7-11-17)18-9-4-5-13(2)15(18)12-16/h13-15H,3-12,16H2,1-2H3. The van der Waals surface area contributed by atoms with Gasteiger partial charge >= 0.3 is 0 Å². The summed E-state index contributed by atoms with van der Waals surface area (Å²) in [5, 5.41) is 0. The zero-order valence-electron chi connectivity index (χ0n) is 12.3. The molecule has 3 nitrogen and oxygen atoms in total. The molecule has 0 aromatic carbocycles. The second-order valence-corrected chi connectivity index (χ2v) is 6.23. The number of likely N-dealkylation sites (tertiary alicyclic amines) is 2. The topological polar surface area (TPSA) is 32.5 Å². The van der Waals surface area contributed by atoms with Gasteiger partial charge in [-0.3, -0.25) is 4.90 Å². The summed E-state index contributed by atoms with van der Waals surface area (Å²) in [6.07, 6.45) is 6.73. The molecule has 2 rings (SSSR count). The van der Waals surface area contributed by atoms with Gasteiger partial charge in [-0.2, -0.15) is 0 Å². The minimum Gasteiger partial charge on any atom is -0.329 e. The second-order valence-electron chi connectivity index (χ2n) is 6.23. The molecule has 2 heterocycles. The molecule has 18 heavy (non-hydrogen) atoms. The van der Waals surface area contributed by atoms with E-state index in [1.54, 1.807) is 0 Å². The largest absolute Gasteiger partial charge is 0.329 e. The number of hydrogen-bond donors (Lipinski definition) is 1. The summed E-state index contributed by atoms with van der Waals surface area (Å²) in [7, 11) is 0. The molecule has 0 bridgehead atoms. The lowest BCUT2D eigenvalue weighted by atomic mass is 9.87. The molecule has 106 valence electrons. The van der Waals surface area contributed by atoms with E-state index in [1.165, 1.54) is 58.3 Å². The number of rotatable bonds is 4. The van der Waals surface area contributed by atoms with Gasteiger partial charge in [0.1, 0.15) is 0 Å². The quantitative estimate of drug-likeness (QED) is 0.831. The molecule has 0 aromatic rings. The zero-order valence-corrected chi connectivity index (χ0v) is 12.3. The smallest absolute Gasteiger partial charge is 0.0246 e. The maximum atomic E-state index is 6.01. The van der Waals surface area contributed by atoms with Crippen molar-refractivity contribution in [1.82, 2.24) is 9.80 Å². The number of piperidine rings is 2. The number of hydrogen-bond acceptors (Lipinski definition) is 3. The summed E-state index contributed by atoms with van der Waals surface area (Å²) in [5.74, 6) is 0.789. The van der Waals surface area contributed by atoms with Crippen LogP contribution in [0.1, 0.15) is 46.0 Å². The third-order valence-corrected chi connectivity index (χ3v) is 4.97. The predicted octanol–water partition coefficient (Wildman–Crippen LogP) is 1.92. The maximum absolute atomic E-state index is 6.01. The van der Waals surface area contributed by atoms with Gasteiger partial charge in [0.05, 0.1) is 0 Å². The van der Waals surface area contributed by atoms with Crippen molar-refractivity contribution in [2.75, 3.05) is 32.7 Å². The summed E-state index contributed by atoms with van der Waals surface area (Å²) >= 11 is 0. The SMILES string of the molecule is CCCN1CCC(N2CCCC(C)C2CN)CC1. The lowest BCUT2D eigenvalue weighted by molar-refractivity contribution is 0.0289.